The van der Waals surface area contributed by atoms with Crippen LogP contribution in [-0.2, 0) is 4.74 Å². The third-order valence-electron chi connectivity index (χ3n) is 3.96. The van der Waals surface area contributed by atoms with Crippen LogP contribution in [0.3, 0.4) is 0 Å². The minimum absolute atomic E-state index is 0.249. The number of amides is 2. The van der Waals surface area contributed by atoms with Crippen LogP contribution in [0.2, 0.25) is 0 Å². The maximum absolute atomic E-state index is 12.7. The fourth-order valence-corrected chi connectivity index (χ4v) is 2.77. The zero-order valence-corrected chi connectivity index (χ0v) is 16.4. The highest BCUT2D eigenvalue weighted by Crippen LogP contribution is 2.22. The number of carbonyl (C=O) groups is 3. The van der Waals surface area contributed by atoms with Gasteiger partial charge in [-0.25, -0.2) is 4.79 Å². The molecule has 1 aromatic carbocycles. The number of esters is 1. The van der Waals surface area contributed by atoms with Crippen molar-refractivity contribution in [2.75, 3.05) is 12.4 Å². The third kappa shape index (κ3) is 4.55. The molecule has 3 N–H and O–H groups in total. The molecule has 0 aliphatic carbocycles. The number of H-pyrrole nitrogens is 1. The smallest absolute Gasteiger partial charge is 0.339 e. The van der Waals surface area contributed by atoms with E-state index in [0.29, 0.717) is 28.1 Å². The Hall–Kier alpha value is -3.09. The fraction of sp³-hybridized carbons (Fsp3) is 0.350. The van der Waals surface area contributed by atoms with Gasteiger partial charge in [0.05, 0.1) is 23.9 Å². The number of para-hydroxylation sites is 1. The predicted octanol–water partition coefficient (Wildman–Crippen LogP) is 3.20. The second-order valence-corrected chi connectivity index (χ2v) is 7.32. The summed E-state index contributed by atoms with van der Waals surface area (Å²) in [5.74, 6) is -1.24. The number of methoxy groups -OCH3 is 1. The maximum atomic E-state index is 12.7. The Bertz CT molecular complexity index is 891. The zero-order chi connectivity index (χ0) is 20.4. The van der Waals surface area contributed by atoms with Crippen LogP contribution in [0, 0.1) is 13.8 Å². The van der Waals surface area contributed by atoms with Gasteiger partial charge in [0.25, 0.3) is 11.8 Å². The number of hydrogen-bond acceptors (Lipinski definition) is 4. The van der Waals surface area contributed by atoms with E-state index in [0.717, 1.165) is 0 Å². The standard InChI is InChI=1S/C20H25N3O4/c1-11-15(19(26)27-6)12(2)21-16(11)18(25)22-14-10-8-7-9-13(14)17(24)23-20(3,4)5/h7-10,21H,1-6H3,(H,22,25)(H,23,24). The van der Waals surface area contributed by atoms with Crippen molar-refractivity contribution in [2.24, 2.45) is 0 Å². The summed E-state index contributed by atoms with van der Waals surface area (Å²) in [6.45, 7) is 9.01. The number of nitrogens with one attached hydrogen (secondary N) is 3. The molecule has 0 atom stereocenters. The number of benzene rings is 1. The zero-order valence-electron chi connectivity index (χ0n) is 16.4. The molecule has 0 spiro atoms. The van der Waals surface area contributed by atoms with Crippen molar-refractivity contribution in [3.63, 3.8) is 0 Å². The predicted molar refractivity (Wildman–Crippen MR) is 103 cm³/mol. The van der Waals surface area contributed by atoms with Gasteiger partial charge in [-0.2, -0.15) is 0 Å². The van der Waals surface area contributed by atoms with E-state index in [-0.39, 0.29) is 11.6 Å². The molecule has 1 aromatic heterocycles. The lowest BCUT2D eigenvalue weighted by Crippen LogP contribution is -2.40. The first kappa shape index (κ1) is 20.2. The van der Waals surface area contributed by atoms with Crippen LogP contribution in [0.5, 0.6) is 0 Å². The summed E-state index contributed by atoms with van der Waals surface area (Å²) >= 11 is 0. The van der Waals surface area contributed by atoms with E-state index in [9.17, 15) is 14.4 Å². The van der Waals surface area contributed by atoms with Gasteiger partial charge in [0.15, 0.2) is 0 Å². The van der Waals surface area contributed by atoms with Gasteiger partial charge in [-0.15, -0.1) is 0 Å². The van der Waals surface area contributed by atoms with Gasteiger partial charge >= 0.3 is 5.97 Å². The van der Waals surface area contributed by atoms with Crippen LogP contribution in [0.15, 0.2) is 24.3 Å². The first-order valence-electron chi connectivity index (χ1n) is 8.55. The van der Waals surface area contributed by atoms with Crippen molar-refractivity contribution < 1.29 is 19.1 Å². The number of rotatable bonds is 4. The summed E-state index contributed by atoms with van der Waals surface area (Å²) in [5, 5.41) is 5.63. The quantitative estimate of drug-likeness (QED) is 0.719. The average Bonchev–Trinajstić information content (AvgIpc) is 2.87. The molecular formula is C20H25N3O4. The maximum Gasteiger partial charge on any atom is 0.339 e. The minimum atomic E-state index is -0.509. The number of hydrogen-bond donors (Lipinski definition) is 3. The summed E-state index contributed by atoms with van der Waals surface area (Å²) in [6.07, 6.45) is 0. The summed E-state index contributed by atoms with van der Waals surface area (Å²) < 4.78 is 4.76. The lowest BCUT2D eigenvalue weighted by atomic mass is 10.1. The molecule has 144 valence electrons. The van der Waals surface area contributed by atoms with Crippen molar-refractivity contribution in [1.82, 2.24) is 10.3 Å². The van der Waals surface area contributed by atoms with Gasteiger partial charge < -0.3 is 20.4 Å². The van der Waals surface area contributed by atoms with Gasteiger partial charge in [-0.3, -0.25) is 9.59 Å². The van der Waals surface area contributed by atoms with Crippen molar-refractivity contribution in [2.45, 2.75) is 40.2 Å². The van der Waals surface area contributed by atoms with Gasteiger partial charge in [0, 0.05) is 11.2 Å². The van der Waals surface area contributed by atoms with E-state index in [4.69, 9.17) is 4.74 Å². The number of carbonyl (C=O) groups excluding carboxylic acids is 3. The number of aromatic amines is 1. The monoisotopic (exact) mass is 371 g/mol. The molecule has 0 fully saturated rings. The highest BCUT2D eigenvalue weighted by atomic mass is 16.5. The minimum Gasteiger partial charge on any atom is -0.465 e. The molecule has 0 saturated carbocycles. The molecule has 7 nitrogen and oxygen atoms in total. The number of ether oxygens (including phenoxy) is 1. The summed E-state index contributed by atoms with van der Waals surface area (Å²) in [4.78, 5) is 40.1. The van der Waals surface area contributed by atoms with E-state index in [1.54, 1.807) is 38.1 Å². The highest BCUT2D eigenvalue weighted by molar-refractivity contribution is 6.10. The Morgan fingerprint density at radius 2 is 1.67 bits per heavy atom. The van der Waals surface area contributed by atoms with Crippen LogP contribution >= 0.6 is 0 Å². The van der Waals surface area contributed by atoms with E-state index in [1.807, 2.05) is 20.8 Å². The molecule has 0 saturated heterocycles. The molecule has 0 aliphatic heterocycles. The topological polar surface area (TPSA) is 100 Å². The Morgan fingerprint density at radius 1 is 1.04 bits per heavy atom. The SMILES string of the molecule is COC(=O)c1c(C)[nH]c(C(=O)Nc2ccccc2C(=O)NC(C)(C)C)c1C. The van der Waals surface area contributed by atoms with E-state index >= 15 is 0 Å². The first-order valence-corrected chi connectivity index (χ1v) is 8.55. The highest BCUT2D eigenvalue weighted by Gasteiger charge is 2.24. The second-order valence-electron chi connectivity index (χ2n) is 7.32. The Balaban J connectivity index is 2.33. The lowest BCUT2D eigenvalue weighted by Gasteiger charge is -2.21. The molecule has 1 heterocycles. The lowest BCUT2D eigenvalue weighted by molar-refractivity contribution is 0.0599. The summed E-state index contributed by atoms with van der Waals surface area (Å²) in [6, 6.07) is 6.76. The molecular weight excluding hydrogens is 346 g/mol. The number of anilines is 1. The van der Waals surface area contributed by atoms with Crippen LogP contribution in [0.4, 0.5) is 5.69 Å². The number of aromatic nitrogens is 1. The van der Waals surface area contributed by atoms with Crippen LogP contribution in [0.25, 0.3) is 0 Å². The van der Waals surface area contributed by atoms with E-state index in [2.05, 4.69) is 15.6 Å². The van der Waals surface area contributed by atoms with Crippen LogP contribution in [0.1, 0.15) is 63.2 Å². The molecule has 2 amide bonds. The van der Waals surface area contributed by atoms with Gasteiger partial charge in [-0.1, -0.05) is 12.1 Å². The summed E-state index contributed by atoms with van der Waals surface area (Å²) in [5.41, 5.74) is 1.96. The van der Waals surface area contributed by atoms with E-state index < -0.39 is 17.4 Å². The Morgan fingerprint density at radius 3 is 2.26 bits per heavy atom. The van der Waals surface area contributed by atoms with Crippen LogP contribution in [-0.4, -0.2) is 35.4 Å². The van der Waals surface area contributed by atoms with E-state index in [1.165, 1.54) is 7.11 Å². The molecule has 27 heavy (non-hydrogen) atoms. The Kier molecular flexibility index (Phi) is 5.73. The largest absolute Gasteiger partial charge is 0.465 e. The van der Waals surface area contributed by atoms with Crippen molar-refractivity contribution in [3.8, 4) is 0 Å². The molecule has 2 aromatic rings. The molecule has 7 heteroatoms. The Labute approximate surface area is 158 Å². The average molecular weight is 371 g/mol. The van der Waals surface area contributed by atoms with Gasteiger partial charge in [0.2, 0.25) is 0 Å². The molecule has 2 rings (SSSR count). The molecule has 0 aliphatic rings. The second kappa shape index (κ2) is 7.65. The van der Waals surface area contributed by atoms with Crippen molar-refractivity contribution in [1.29, 1.82) is 0 Å². The summed E-state index contributed by atoms with van der Waals surface area (Å²) in [7, 11) is 1.29. The molecule has 0 radical (unpaired) electrons. The third-order valence-corrected chi connectivity index (χ3v) is 3.96. The fourth-order valence-electron chi connectivity index (χ4n) is 2.77. The van der Waals surface area contributed by atoms with Gasteiger partial charge in [0.1, 0.15) is 5.69 Å². The number of aryl methyl sites for hydroxylation is 1. The molecule has 0 bridgehead atoms. The normalized spacial score (nSPS) is 11.0. The van der Waals surface area contributed by atoms with Crippen molar-refractivity contribution >= 4 is 23.5 Å². The van der Waals surface area contributed by atoms with Gasteiger partial charge in [-0.05, 0) is 52.3 Å². The van der Waals surface area contributed by atoms with Crippen LogP contribution < -0.4 is 10.6 Å². The molecule has 0 unspecified atom stereocenters. The van der Waals surface area contributed by atoms with Crippen molar-refractivity contribution in [3.05, 3.63) is 52.3 Å². The first-order chi connectivity index (χ1) is 12.5.